The fourth-order valence-electron chi connectivity index (χ4n) is 4.01. The Balaban J connectivity index is 1.34. The summed E-state index contributed by atoms with van der Waals surface area (Å²) in [6.07, 6.45) is 0. The van der Waals surface area contributed by atoms with Crippen molar-refractivity contribution in [2.24, 2.45) is 0 Å². The Bertz CT molecular complexity index is 1100. The summed E-state index contributed by atoms with van der Waals surface area (Å²) in [5.41, 5.74) is 5.29. The molecule has 32 heavy (non-hydrogen) atoms. The molecule has 5 nitrogen and oxygen atoms in total. The van der Waals surface area contributed by atoms with Gasteiger partial charge in [-0.2, -0.15) is 0 Å². The summed E-state index contributed by atoms with van der Waals surface area (Å²) in [6.45, 7) is 6.81. The van der Waals surface area contributed by atoms with Gasteiger partial charge in [0.05, 0.1) is 0 Å². The minimum atomic E-state index is -0.112. The summed E-state index contributed by atoms with van der Waals surface area (Å²) in [7, 11) is 0. The number of carbonyl (C=O) groups is 2. The third-order valence-corrected chi connectivity index (χ3v) is 5.88. The Morgan fingerprint density at radius 2 is 1.38 bits per heavy atom. The molecule has 164 valence electrons. The van der Waals surface area contributed by atoms with Crippen molar-refractivity contribution in [2.45, 2.75) is 13.8 Å². The predicted molar refractivity (Wildman–Crippen MR) is 130 cm³/mol. The lowest BCUT2D eigenvalue weighted by atomic mass is 10.1. The molecule has 1 N–H and O–H groups in total. The lowest BCUT2D eigenvalue weighted by Gasteiger charge is -2.36. The number of nitrogens with one attached hydrogen (secondary N) is 1. The Hall–Kier alpha value is -3.31. The highest BCUT2D eigenvalue weighted by molar-refractivity contribution is 6.30. The van der Waals surface area contributed by atoms with E-state index >= 15 is 0 Å². The minimum absolute atomic E-state index is 0.0331. The quantitative estimate of drug-likeness (QED) is 0.600. The molecule has 1 heterocycles. The average Bonchev–Trinajstić information content (AvgIpc) is 2.79. The molecule has 0 spiro atoms. The van der Waals surface area contributed by atoms with Crippen LogP contribution in [0.2, 0.25) is 5.02 Å². The van der Waals surface area contributed by atoms with Crippen LogP contribution in [-0.2, 0) is 0 Å². The van der Waals surface area contributed by atoms with Gasteiger partial charge in [-0.3, -0.25) is 9.59 Å². The van der Waals surface area contributed by atoms with Crippen LogP contribution >= 0.6 is 11.6 Å². The van der Waals surface area contributed by atoms with Gasteiger partial charge in [0.25, 0.3) is 11.8 Å². The van der Waals surface area contributed by atoms with Gasteiger partial charge < -0.3 is 15.1 Å². The molecule has 0 atom stereocenters. The van der Waals surface area contributed by atoms with Crippen LogP contribution in [0.4, 0.5) is 11.4 Å². The molecule has 1 aliphatic rings. The topological polar surface area (TPSA) is 52.7 Å². The van der Waals surface area contributed by atoms with Gasteiger partial charge in [0, 0.05) is 53.7 Å². The molecule has 1 fully saturated rings. The summed E-state index contributed by atoms with van der Waals surface area (Å²) in [5.74, 6) is -0.0790. The molecule has 0 saturated carbocycles. The van der Waals surface area contributed by atoms with Gasteiger partial charge in [0.15, 0.2) is 0 Å². The molecule has 0 bridgehead atoms. The number of anilines is 2. The number of benzene rings is 3. The van der Waals surface area contributed by atoms with E-state index in [0.29, 0.717) is 29.2 Å². The van der Waals surface area contributed by atoms with E-state index in [0.717, 1.165) is 35.6 Å². The van der Waals surface area contributed by atoms with E-state index in [4.69, 9.17) is 11.6 Å². The zero-order chi connectivity index (χ0) is 22.7. The average molecular weight is 448 g/mol. The van der Waals surface area contributed by atoms with Crippen LogP contribution in [0.1, 0.15) is 31.8 Å². The van der Waals surface area contributed by atoms with E-state index in [1.54, 1.807) is 24.3 Å². The normalized spacial score (nSPS) is 13.7. The lowest BCUT2D eigenvalue weighted by Crippen LogP contribution is -2.48. The number of rotatable bonds is 4. The van der Waals surface area contributed by atoms with Crippen molar-refractivity contribution >= 4 is 34.8 Å². The SMILES string of the molecule is Cc1cc(C)cc(C(=O)Nc2ccc(N3CCN(C(=O)c4ccc(Cl)cc4)CC3)cc2)c1. The van der Waals surface area contributed by atoms with E-state index in [1.165, 1.54) is 0 Å². The van der Waals surface area contributed by atoms with E-state index in [9.17, 15) is 9.59 Å². The summed E-state index contributed by atoms with van der Waals surface area (Å²) in [5, 5.41) is 3.59. The second-order valence-corrected chi connectivity index (χ2v) is 8.60. The number of halogens is 1. The van der Waals surface area contributed by atoms with Crippen LogP contribution in [0.5, 0.6) is 0 Å². The van der Waals surface area contributed by atoms with Crippen LogP contribution < -0.4 is 10.2 Å². The third kappa shape index (κ3) is 5.11. The standard InChI is InChI=1S/C26H26ClN3O2/c1-18-15-19(2)17-21(16-18)25(31)28-23-7-9-24(10-8-23)29-11-13-30(14-12-29)26(32)20-3-5-22(27)6-4-20/h3-10,15-17H,11-14H2,1-2H3,(H,28,31). The molecule has 3 aromatic rings. The summed E-state index contributed by atoms with van der Waals surface area (Å²) in [6, 6.07) is 20.7. The van der Waals surface area contributed by atoms with Gasteiger partial charge in [-0.15, -0.1) is 0 Å². The van der Waals surface area contributed by atoms with Crippen LogP contribution in [0.3, 0.4) is 0 Å². The molecular formula is C26H26ClN3O2. The van der Waals surface area contributed by atoms with E-state index in [1.807, 2.05) is 61.2 Å². The Kier molecular flexibility index (Phi) is 6.47. The maximum atomic E-state index is 12.7. The van der Waals surface area contributed by atoms with Gasteiger partial charge in [0.2, 0.25) is 0 Å². The number of nitrogens with zero attached hydrogens (tertiary/aromatic N) is 2. The first kappa shape index (κ1) is 21.9. The summed E-state index contributed by atoms with van der Waals surface area (Å²) < 4.78 is 0. The first-order chi connectivity index (χ1) is 15.4. The summed E-state index contributed by atoms with van der Waals surface area (Å²) in [4.78, 5) is 29.4. The first-order valence-electron chi connectivity index (χ1n) is 10.7. The van der Waals surface area contributed by atoms with Crippen molar-refractivity contribution in [1.29, 1.82) is 0 Å². The molecule has 1 saturated heterocycles. The predicted octanol–water partition coefficient (Wildman–Crippen LogP) is 5.17. The van der Waals surface area contributed by atoms with Gasteiger partial charge in [-0.1, -0.05) is 28.8 Å². The van der Waals surface area contributed by atoms with Crippen molar-refractivity contribution in [1.82, 2.24) is 4.90 Å². The third-order valence-electron chi connectivity index (χ3n) is 5.63. The van der Waals surface area contributed by atoms with Crippen molar-refractivity contribution in [2.75, 3.05) is 36.4 Å². The Morgan fingerprint density at radius 3 is 1.97 bits per heavy atom. The second kappa shape index (κ2) is 9.45. The summed E-state index contributed by atoms with van der Waals surface area (Å²) >= 11 is 5.92. The molecule has 3 aromatic carbocycles. The molecule has 4 rings (SSSR count). The largest absolute Gasteiger partial charge is 0.368 e. The monoisotopic (exact) mass is 447 g/mol. The first-order valence-corrected chi connectivity index (χ1v) is 11.1. The fourth-order valence-corrected chi connectivity index (χ4v) is 4.13. The zero-order valence-corrected chi connectivity index (χ0v) is 19.0. The molecule has 0 aliphatic carbocycles. The van der Waals surface area contributed by atoms with E-state index in [2.05, 4.69) is 10.2 Å². The van der Waals surface area contributed by atoms with E-state index < -0.39 is 0 Å². The number of hydrogen-bond donors (Lipinski definition) is 1. The van der Waals surface area contributed by atoms with Crippen LogP contribution in [-0.4, -0.2) is 42.9 Å². The van der Waals surface area contributed by atoms with Crippen molar-refractivity contribution in [3.63, 3.8) is 0 Å². The lowest BCUT2D eigenvalue weighted by molar-refractivity contribution is 0.0746. The second-order valence-electron chi connectivity index (χ2n) is 8.16. The molecule has 2 amide bonds. The highest BCUT2D eigenvalue weighted by atomic mass is 35.5. The van der Waals surface area contributed by atoms with Crippen molar-refractivity contribution in [3.05, 3.63) is 94.0 Å². The highest BCUT2D eigenvalue weighted by Crippen LogP contribution is 2.21. The molecule has 0 aromatic heterocycles. The van der Waals surface area contributed by atoms with Gasteiger partial charge in [0.1, 0.15) is 0 Å². The number of hydrogen-bond acceptors (Lipinski definition) is 3. The number of aryl methyl sites for hydroxylation is 2. The van der Waals surface area contributed by atoms with Crippen LogP contribution in [0, 0.1) is 13.8 Å². The molecule has 0 radical (unpaired) electrons. The molecule has 6 heteroatoms. The van der Waals surface area contributed by atoms with Crippen LogP contribution in [0.25, 0.3) is 0 Å². The van der Waals surface area contributed by atoms with Gasteiger partial charge in [-0.25, -0.2) is 0 Å². The Labute approximate surface area is 193 Å². The molecular weight excluding hydrogens is 422 g/mol. The minimum Gasteiger partial charge on any atom is -0.368 e. The highest BCUT2D eigenvalue weighted by Gasteiger charge is 2.22. The fraction of sp³-hybridized carbons (Fsp3) is 0.231. The maximum Gasteiger partial charge on any atom is 0.255 e. The number of carbonyl (C=O) groups excluding carboxylic acids is 2. The number of piperazine rings is 1. The van der Waals surface area contributed by atoms with Gasteiger partial charge in [-0.05, 0) is 74.5 Å². The molecule has 1 aliphatic heterocycles. The van der Waals surface area contributed by atoms with Crippen molar-refractivity contribution in [3.8, 4) is 0 Å². The molecule has 0 unspecified atom stereocenters. The van der Waals surface area contributed by atoms with Crippen LogP contribution in [0.15, 0.2) is 66.7 Å². The number of amides is 2. The Morgan fingerprint density at radius 1 is 0.781 bits per heavy atom. The van der Waals surface area contributed by atoms with Gasteiger partial charge >= 0.3 is 0 Å². The smallest absolute Gasteiger partial charge is 0.255 e. The maximum absolute atomic E-state index is 12.7. The van der Waals surface area contributed by atoms with E-state index in [-0.39, 0.29) is 11.8 Å². The van der Waals surface area contributed by atoms with Crippen molar-refractivity contribution < 1.29 is 9.59 Å². The zero-order valence-electron chi connectivity index (χ0n) is 18.3.